The molecule has 26 heavy (non-hydrogen) atoms. The van der Waals surface area contributed by atoms with Crippen molar-refractivity contribution in [2.75, 3.05) is 20.2 Å². The molecule has 0 saturated carbocycles. The summed E-state index contributed by atoms with van der Waals surface area (Å²) in [7, 11) is 1.77. The van der Waals surface area contributed by atoms with Crippen LogP contribution < -0.4 is 4.74 Å². The normalized spacial score (nSPS) is 17.1. The molecule has 1 aliphatic rings. The van der Waals surface area contributed by atoms with Gasteiger partial charge in [-0.3, -0.25) is 9.78 Å². The molecule has 1 fully saturated rings. The minimum absolute atomic E-state index is 0.159. The van der Waals surface area contributed by atoms with Gasteiger partial charge in [-0.25, -0.2) is 0 Å². The lowest BCUT2D eigenvalue weighted by atomic mass is 10.1. The Hall–Kier alpha value is -2.41. The fraction of sp³-hybridized carbons (Fsp3) is 0.526. The van der Waals surface area contributed by atoms with E-state index in [1.165, 1.54) is 6.42 Å². The molecule has 2 aromatic heterocycles. The van der Waals surface area contributed by atoms with E-state index in [0.29, 0.717) is 18.1 Å². The Kier molecular flexibility index (Phi) is 6.22. The van der Waals surface area contributed by atoms with Gasteiger partial charge in [0.2, 0.25) is 0 Å². The van der Waals surface area contributed by atoms with Gasteiger partial charge in [-0.2, -0.15) is 0 Å². The second-order valence-corrected chi connectivity index (χ2v) is 6.61. The molecular formula is C19H25N3O4. The fourth-order valence-corrected chi connectivity index (χ4v) is 2.85. The highest BCUT2D eigenvalue weighted by molar-refractivity contribution is 5.92. The lowest BCUT2D eigenvalue weighted by Crippen LogP contribution is -2.31. The van der Waals surface area contributed by atoms with E-state index in [2.05, 4.69) is 10.1 Å². The van der Waals surface area contributed by atoms with Crippen molar-refractivity contribution in [2.24, 2.45) is 0 Å². The summed E-state index contributed by atoms with van der Waals surface area (Å²) in [6, 6.07) is 5.33. The van der Waals surface area contributed by atoms with Crippen LogP contribution in [0.1, 0.15) is 47.6 Å². The van der Waals surface area contributed by atoms with Crippen LogP contribution in [-0.4, -0.2) is 47.3 Å². The van der Waals surface area contributed by atoms with E-state index in [1.807, 2.05) is 19.1 Å². The molecule has 0 aliphatic carbocycles. The fourth-order valence-electron chi connectivity index (χ4n) is 2.85. The number of ether oxygens (including phenoxy) is 2. The van der Waals surface area contributed by atoms with Crippen molar-refractivity contribution in [1.29, 1.82) is 0 Å². The summed E-state index contributed by atoms with van der Waals surface area (Å²) in [6.07, 6.45) is 6.15. The maximum absolute atomic E-state index is 12.5. The average molecular weight is 359 g/mol. The minimum atomic E-state index is -0.159. The second-order valence-electron chi connectivity index (χ2n) is 6.61. The number of hydrogen-bond acceptors (Lipinski definition) is 6. The quantitative estimate of drug-likeness (QED) is 0.756. The van der Waals surface area contributed by atoms with Crippen LogP contribution in [0.15, 0.2) is 28.9 Å². The van der Waals surface area contributed by atoms with E-state index >= 15 is 0 Å². The zero-order valence-electron chi connectivity index (χ0n) is 15.3. The molecule has 1 saturated heterocycles. The van der Waals surface area contributed by atoms with E-state index in [0.717, 1.165) is 31.6 Å². The number of pyridine rings is 1. The minimum Gasteiger partial charge on any atom is -0.484 e. The van der Waals surface area contributed by atoms with Gasteiger partial charge < -0.3 is 18.9 Å². The van der Waals surface area contributed by atoms with Crippen LogP contribution in [-0.2, 0) is 11.3 Å². The molecule has 0 spiro atoms. The second kappa shape index (κ2) is 8.80. The molecule has 0 N–H and O–H groups in total. The molecule has 1 aliphatic heterocycles. The van der Waals surface area contributed by atoms with Gasteiger partial charge in [-0.1, -0.05) is 5.16 Å². The van der Waals surface area contributed by atoms with Crippen LogP contribution in [0.25, 0.3) is 0 Å². The molecule has 2 aromatic rings. The molecule has 3 rings (SSSR count). The third-order valence-corrected chi connectivity index (χ3v) is 4.45. The first-order valence-corrected chi connectivity index (χ1v) is 9.00. The average Bonchev–Trinajstić information content (AvgIpc) is 3.15. The van der Waals surface area contributed by atoms with E-state index in [1.54, 1.807) is 24.2 Å². The summed E-state index contributed by atoms with van der Waals surface area (Å²) in [5.41, 5.74) is 1.21. The van der Waals surface area contributed by atoms with Gasteiger partial charge in [0.05, 0.1) is 12.3 Å². The van der Waals surface area contributed by atoms with Crippen molar-refractivity contribution in [3.63, 3.8) is 0 Å². The van der Waals surface area contributed by atoms with Gasteiger partial charge in [0.25, 0.3) is 5.91 Å². The highest BCUT2D eigenvalue weighted by Gasteiger charge is 2.20. The number of amides is 1. The maximum atomic E-state index is 12.5. The first-order chi connectivity index (χ1) is 12.6. The number of hydrogen-bond donors (Lipinski definition) is 0. The lowest BCUT2D eigenvalue weighted by molar-refractivity contribution is 0.00703. The lowest BCUT2D eigenvalue weighted by Gasteiger charge is -2.24. The number of carbonyl (C=O) groups excluding carboxylic acids is 1. The molecule has 1 amide bonds. The molecule has 0 aromatic carbocycles. The van der Waals surface area contributed by atoms with Crippen LogP contribution >= 0.6 is 0 Å². The van der Waals surface area contributed by atoms with Gasteiger partial charge >= 0.3 is 0 Å². The molecule has 7 heteroatoms. The van der Waals surface area contributed by atoms with E-state index in [-0.39, 0.29) is 24.3 Å². The Balaban J connectivity index is 1.47. The zero-order chi connectivity index (χ0) is 18.4. The van der Waals surface area contributed by atoms with Gasteiger partial charge in [-0.05, 0) is 44.7 Å². The first kappa shape index (κ1) is 18.4. The van der Waals surface area contributed by atoms with Crippen molar-refractivity contribution in [1.82, 2.24) is 15.0 Å². The highest BCUT2D eigenvalue weighted by atomic mass is 16.5. The first-order valence-electron chi connectivity index (χ1n) is 9.00. The van der Waals surface area contributed by atoms with Crippen molar-refractivity contribution < 1.29 is 18.8 Å². The molecule has 1 atom stereocenters. The van der Waals surface area contributed by atoms with E-state index in [9.17, 15) is 4.79 Å². The van der Waals surface area contributed by atoms with Crippen molar-refractivity contribution in [2.45, 2.75) is 45.3 Å². The Morgan fingerprint density at radius 3 is 3.00 bits per heavy atom. The Labute approximate surface area is 153 Å². The van der Waals surface area contributed by atoms with Gasteiger partial charge in [0, 0.05) is 32.0 Å². The van der Waals surface area contributed by atoms with Crippen LogP contribution in [0.2, 0.25) is 0 Å². The van der Waals surface area contributed by atoms with Crippen molar-refractivity contribution in [3.8, 4) is 5.75 Å². The van der Waals surface area contributed by atoms with Gasteiger partial charge in [0.1, 0.15) is 12.4 Å². The standard InChI is InChI=1S/C19H25N3O4/c1-14-6-7-16(12-20-14)25-13-17-11-18(21-26-17)19(23)22(2)9-8-15-5-3-4-10-24-15/h6-7,11-12,15H,3-5,8-10,13H2,1-2H3. The van der Waals surface area contributed by atoms with Crippen LogP contribution in [0.3, 0.4) is 0 Å². The molecule has 7 nitrogen and oxygen atoms in total. The molecule has 1 unspecified atom stereocenters. The Morgan fingerprint density at radius 1 is 1.38 bits per heavy atom. The van der Waals surface area contributed by atoms with Crippen LogP contribution in [0.5, 0.6) is 5.75 Å². The summed E-state index contributed by atoms with van der Waals surface area (Å²) in [5.74, 6) is 0.982. The molecule has 0 bridgehead atoms. The highest BCUT2D eigenvalue weighted by Crippen LogP contribution is 2.17. The number of carbonyl (C=O) groups is 1. The summed E-state index contributed by atoms with van der Waals surface area (Å²) in [5, 5.41) is 3.87. The Morgan fingerprint density at radius 2 is 2.27 bits per heavy atom. The number of aryl methyl sites for hydroxylation is 1. The third kappa shape index (κ3) is 5.05. The number of rotatable bonds is 7. The molecule has 140 valence electrons. The Bertz CT molecular complexity index is 708. The van der Waals surface area contributed by atoms with Crippen LogP contribution in [0.4, 0.5) is 0 Å². The molecular weight excluding hydrogens is 334 g/mol. The van der Waals surface area contributed by atoms with Crippen molar-refractivity contribution in [3.05, 3.63) is 41.5 Å². The SMILES string of the molecule is Cc1ccc(OCc2cc(C(=O)N(C)CCC3CCCCO3)no2)cn1. The summed E-state index contributed by atoms with van der Waals surface area (Å²) in [6.45, 7) is 3.57. The largest absolute Gasteiger partial charge is 0.484 e. The number of aromatic nitrogens is 2. The monoisotopic (exact) mass is 359 g/mol. The van der Waals surface area contributed by atoms with E-state index < -0.39 is 0 Å². The number of nitrogens with zero attached hydrogens (tertiary/aromatic N) is 3. The van der Waals surface area contributed by atoms with Gasteiger partial charge in [-0.15, -0.1) is 0 Å². The van der Waals surface area contributed by atoms with Crippen molar-refractivity contribution >= 4 is 5.91 Å². The molecule has 0 radical (unpaired) electrons. The summed E-state index contributed by atoms with van der Waals surface area (Å²) >= 11 is 0. The smallest absolute Gasteiger partial charge is 0.275 e. The summed E-state index contributed by atoms with van der Waals surface area (Å²) in [4.78, 5) is 18.3. The predicted octanol–water partition coefficient (Wildman–Crippen LogP) is 2.99. The topological polar surface area (TPSA) is 77.7 Å². The van der Waals surface area contributed by atoms with Crippen LogP contribution in [0, 0.1) is 6.92 Å². The third-order valence-electron chi connectivity index (χ3n) is 4.45. The predicted molar refractivity (Wildman–Crippen MR) is 95.0 cm³/mol. The summed E-state index contributed by atoms with van der Waals surface area (Å²) < 4.78 is 16.5. The maximum Gasteiger partial charge on any atom is 0.275 e. The van der Waals surface area contributed by atoms with Gasteiger partial charge in [0.15, 0.2) is 11.5 Å². The molecule has 3 heterocycles. The zero-order valence-corrected chi connectivity index (χ0v) is 15.3. The van der Waals surface area contributed by atoms with E-state index in [4.69, 9.17) is 14.0 Å².